The summed E-state index contributed by atoms with van der Waals surface area (Å²) in [7, 11) is -2.37. The van der Waals surface area contributed by atoms with Gasteiger partial charge in [-0.25, -0.2) is 17.9 Å². The molecule has 4 heterocycles. The summed E-state index contributed by atoms with van der Waals surface area (Å²) in [4.78, 5) is 29.3. The molecule has 0 atom stereocenters. The van der Waals surface area contributed by atoms with Crippen molar-refractivity contribution < 1.29 is 31.5 Å². The van der Waals surface area contributed by atoms with Gasteiger partial charge in [0, 0.05) is 56.8 Å². The summed E-state index contributed by atoms with van der Waals surface area (Å²) in [6.07, 6.45) is 4.50. The number of fused-ring (bicyclic) bond motifs is 1. The Morgan fingerprint density at radius 2 is 1.89 bits per heavy atom. The molecule has 3 aromatic heterocycles. The quantitative estimate of drug-likeness (QED) is 0.366. The van der Waals surface area contributed by atoms with E-state index >= 15 is 0 Å². The van der Waals surface area contributed by atoms with Gasteiger partial charge >= 0.3 is 6.61 Å². The van der Waals surface area contributed by atoms with E-state index in [2.05, 4.69) is 15.2 Å². The lowest BCUT2D eigenvalue weighted by Crippen LogP contribution is -2.56. The Morgan fingerprint density at radius 3 is 2.55 bits per heavy atom. The van der Waals surface area contributed by atoms with Crippen molar-refractivity contribution in [3.63, 3.8) is 0 Å². The van der Waals surface area contributed by atoms with Crippen LogP contribution in [0, 0.1) is 0 Å². The van der Waals surface area contributed by atoms with Gasteiger partial charge in [-0.05, 0) is 24.3 Å². The number of alkyl halides is 2. The fraction of sp³-hybridized carbons (Fsp3) is 0.261. The van der Waals surface area contributed by atoms with Gasteiger partial charge in [-0.2, -0.15) is 19.0 Å². The number of nitrogens with two attached hydrogens (primary N) is 1. The zero-order valence-corrected chi connectivity index (χ0v) is 20.9. The van der Waals surface area contributed by atoms with Crippen LogP contribution in [0.5, 0.6) is 5.75 Å². The Balaban J connectivity index is 1.68. The lowest BCUT2D eigenvalue weighted by Gasteiger charge is -2.38. The highest BCUT2D eigenvalue weighted by Crippen LogP contribution is 2.40. The fourth-order valence-corrected chi connectivity index (χ4v) is 5.99. The number of hydrogen-bond acceptors (Lipinski definition) is 8. The molecule has 5 rings (SSSR count). The van der Waals surface area contributed by atoms with Gasteiger partial charge in [0.1, 0.15) is 28.0 Å². The van der Waals surface area contributed by atoms with Crippen molar-refractivity contribution in [1.29, 1.82) is 0 Å². The van der Waals surface area contributed by atoms with Gasteiger partial charge in [-0.15, -0.1) is 0 Å². The summed E-state index contributed by atoms with van der Waals surface area (Å²) >= 11 is 0. The monoisotopic (exact) mass is 545 g/mol. The normalized spacial score (nSPS) is 14.2. The topological polar surface area (TPSA) is 155 Å². The number of benzene rings is 1. The van der Waals surface area contributed by atoms with Crippen LogP contribution in [-0.2, 0) is 21.7 Å². The molecule has 0 radical (unpaired) electrons. The van der Waals surface area contributed by atoms with Crippen LogP contribution in [0.2, 0.25) is 0 Å². The van der Waals surface area contributed by atoms with Crippen molar-refractivity contribution in [3.05, 3.63) is 48.4 Å². The number of aromatic nitrogens is 5. The predicted octanol–water partition coefficient (Wildman–Crippen LogP) is 1.50. The van der Waals surface area contributed by atoms with E-state index in [1.54, 1.807) is 19.3 Å². The molecule has 1 aliphatic rings. The second-order valence-electron chi connectivity index (χ2n) is 8.67. The van der Waals surface area contributed by atoms with E-state index in [4.69, 9.17) is 10.5 Å². The van der Waals surface area contributed by atoms with Gasteiger partial charge in [0.25, 0.3) is 5.91 Å². The molecule has 1 aromatic carbocycles. The molecule has 0 saturated carbocycles. The van der Waals surface area contributed by atoms with Gasteiger partial charge in [-0.3, -0.25) is 14.3 Å². The van der Waals surface area contributed by atoms with E-state index in [-0.39, 0.29) is 63.4 Å². The summed E-state index contributed by atoms with van der Waals surface area (Å²) in [5.74, 6) is -1.41. The highest BCUT2D eigenvalue weighted by molar-refractivity contribution is 7.92. The van der Waals surface area contributed by atoms with Crippen LogP contribution in [-0.4, -0.2) is 74.5 Å². The molecule has 0 spiro atoms. The molecule has 0 unspecified atom stereocenters. The number of halogens is 2. The molecule has 2 N–H and O–H groups in total. The summed E-state index contributed by atoms with van der Waals surface area (Å²) < 4.78 is 60.6. The second kappa shape index (κ2) is 9.16. The van der Waals surface area contributed by atoms with Crippen LogP contribution >= 0.6 is 0 Å². The molecule has 38 heavy (non-hydrogen) atoms. The number of carbonyl (C=O) groups excluding carboxylic acids is 2. The van der Waals surface area contributed by atoms with Crippen LogP contribution in [0.1, 0.15) is 17.3 Å². The van der Waals surface area contributed by atoms with Crippen molar-refractivity contribution >= 4 is 27.3 Å². The molecule has 15 heteroatoms. The lowest BCUT2D eigenvalue weighted by atomic mass is 10.0. The van der Waals surface area contributed by atoms with Crippen LogP contribution < -0.4 is 10.5 Å². The average molecular weight is 546 g/mol. The van der Waals surface area contributed by atoms with Crippen LogP contribution in [0.25, 0.3) is 28.2 Å². The number of amides is 2. The number of nitrogens with zero attached hydrogens (tertiary/aromatic N) is 6. The minimum atomic E-state index is -3.93. The summed E-state index contributed by atoms with van der Waals surface area (Å²) in [6, 6.07) is 5.07. The van der Waals surface area contributed by atoms with Crippen molar-refractivity contribution in [1.82, 2.24) is 29.3 Å². The molecule has 0 bridgehead atoms. The van der Waals surface area contributed by atoms with Gasteiger partial charge < -0.3 is 15.4 Å². The number of ether oxygens (including phenoxy) is 1. The second-order valence-corrected chi connectivity index (χ2v) is 10.9. The Labute approximate surface area is 214 Å². The third-order valence-electron chi connectivity index (χ3n) is 6.21. The number of aryl methyl sites for hydroxylation is 1. The summed E-state index contributed by atoms with van der Waals surface area (Å²) in [5.41, 5.74) is 6.03. The van der Waals surface area contributed by atoms with E-state index in [0.717, 1.165) is 6.07 Å². The average Bonchev–Trinajstić information content (AvgIpc) is 3.37. The first-order chi connectivity index (χ1) is 18.0. The third kappa shape index (κ3) is 4.23. The highest BCUT2D eigenvalue weighted by atomic mass is 32.2. The Bertz CT molecular complexity index is 1690. The first-order valence-corrected chi connectivity index (χ1v) is 12.8. The molecule has 1 saturated heterocycles. The lowest BCUT2D eigenvalue weighted by molar-refractivity contribution is -0.131. The van der Waals surface area contributed by atoms with Crippen LogP contribution in [0.3, 0.4) is 0 Å². The SMILES string of the molecule is CC(=O)N1CC(S(=O)(=O)c2ccc(OC(F)F)c(-c3nn(C)cc3-c3nn4cccnc4c3C(N)=O)c2)C1. The fourth-order valence-electron chi connectivity index (χ4n) is 4.32. The van der Waals surface area contributed by atoms with Crippen molar-refractivity contribution in [3.8, 4) is 28.3 Å². The molecule has 2 amide bonds. The van der Waals surface area contributed by atoms with Gasteiger partial charge in [0.05, 0.1) is 4.90 Å². The number of carbonyl (C=O) groups is 2. The van der Waals surface area contributed by atoms with Crippen molar-refractivity contribution in [2.24, 2.45) is 12.8 Å². The van der Waals surface area contributed by atoms with Gasteiger partial charge in [-0.1, -0.05) is 0 Å². The molecular weight excluding hydrogens is 524 g/mol. The molecular formula is C23H21F2N7O5S. The maximum absolute atomic E-state index is 13.3. The number of likely N-dealkylation sites (tertiary alicyclic amines) is 1. The highest BCUT2D eigenvalue weighted by Gasteiger charge is 2.40. The first-order valence-electron chi connectivity index (χ1n) is 11.2. The smallest absolute Gasteiger partial charge is 0.387 e. The molecule has 0 aliphatic carbocycles. The van der Waals surface area contributed by atoms with E-state index in [0.29, 0.717) is 0 Å². The molecule has 198 valence electrons. The van der Waals surface area contributed by atoms with Crippen LogP contribution in [0.15, 0.2) is 47.8 Å². The zero-order chi connectivity index (χ0) is 27.4. The van der Waals surface area contributed by atoms with Crippen molar-refractivity contribution in [2.45, 2.75) is 23.7 Å². The predicted molar refractivity (Wildman–Crippen MR) is 129 cm³/mol. The molecule has 12 nitrogen and oxygen atoms in total. The van der Waals surface area contributed by atoms with Crippen molar-refractivity contribution in [2.75, 3.05) is 13.1 Å². The largest absolute Gasteiger partial charge is 0.434 e. The van der Waals surface area contributed by atoms with E-state index in [1.807, 2.05) is 0 Å². The van der Waals surface area contributed by atoms with Gasteiger partial charge in [0.15, 0.2) is 15.5 Å². The maximum atomic E-state index is 13.3. The third-order valence-corrected chi connectivity index (χ3v) is 8.30. The summed E-state index contributed by atoms with van der Waals surface area (Å²) in [5, 5.41) is 7.90. The number of sulfone groups is 1. The Hall–Kier alpha value is -4.40. The Morgan fingerprint density at radius 1 is 1.16 bits per heavy atom. The van der Waals surface area contributed by atoms with E-state index in [9.17, 15) is 26.8 Å². The maximum Gasteiger partial charge on any atom is 0.387 e. The number of rotatable bonds is 7. The van der Waals surface area contributed by atoms with E-state index in [1.165, 1.54) is 45.5 Å². The first kappa shape index (κ1) is 25.3. The van der Waals surface area contributed by atoms with Crippen LogP contribution in [0.4, 0.5) is 8.78 Å². The Kier molecular flexibility index (Phi) is 6.09. The van der Waals surface area contributed by atoms with Gasteiger partial charge in [0.2, 0.25) is 5.91 Å². The molecule has 4 aromatic rings. The zero-order valence-electron chi connectivity index (χ0n) is 20.1. The minimum Gasteiger partial charge on any atom is -0.434 e. The minimum absolute atomic E-state index is 0.0212. The number of hydrogen-bond donors (Lipinski definition) is 1. The standard InChI is InChI=1S/C23H21F2N7O5S/c1-12(33)31-9-14(10-31)38(35,36)13-4-5-17(37-23(24)25)15(8-13)19-16(11-30(2)28-19)20-18(21(26)34)22-27-6-3-7-32(22)29-20/h3-8,11,14,23H,9-10H2,1-2H3,(H2,26,34). The number of primary amides is 1. The summed E-state index contributed by atoms with van der Waals surface area (Å²) in [6.45, 7) is -1.82. The molecule has 1 fully saturated rings. The molecule has 1 aliphatic heterocycles. The van der Waals surface area contributed by atoms with E-state index < -0.39 is 27.6 Å².